The summed E-state index contributed by atoms with van der Waals surface area (Å²) in [5.74, 6) is -0.351. The van der Waals surface area contributed by atoms with Gasteiger partial charge in [0.25, 0.3) is 0 Å². The number of hydrogen-bond donors (Lipinski definition) is 3. The zero-order valence-corrected chi connectivity index (χ0v) is 12.9. The van der Waals surface area contributed by atoms with Crippen LogP contribution in [0.1, 0.15) is 11.1 Å². The van der Waals surface area contributed by atoms with Crippen LogP contribution >= 0.6 is 0 Å². The van der Waals surface area contributed by atoms with Crippen LogP contribution < -0.4 is 11.5 Å². The van der Waals surface area contributed by atoms with Crippen LogP contribution in [0.15, 0.2) is 24.3 Å². The Morgan fingerprint density at radius 1 is 1.14 bits per heavy atom. The van der Waals surface area contributed by atoms with Gasteiger partial charge in [-0.25, -0.2) is 0 Å². The number of hydrogen-bond acceptors (Lipinski definition) is 5. The maximum atomic E-state index is 11.0. The lowest BCUT2D eigenvalue weighted by molar-refractivity contribution is -0.119. The maximum absolute atomic E-state index is 11.0. The molecular weight excluding hydrogens is 280 g/mol. The second-order valence-corrected chi connectivity index (χ2v) is 5.95. The molecule has 6 heteroatoms. The molecule has 1 heterocycles. The van der Waals surface area contributed by atoms with Gasteiger partial charge in [0.2, 0.25) is 5.91 Å². The number of amides is 1. The minimum atomic E-state index is -0.460. The van der Waals surface area contributed by atoms with Crippen molar-refractivity contribution in [3.05, 3.63) is 35.4 Å². The summed E-state index contributed by atoms with van der Waals surface area (Å²) in [5.41, 5.74) is 13.3. The summed E-state index contributed by atoms with van der Waals surface area (Å²) >= 11 is 0. The molecule has 2 rings (SSSR count). The predicted molar refractivity (Wildman–Crippen MR) is 86.1 cm³/mol. The van der Waals surface area contributed by atoms with Crippen LogP contribution in [0.2, 0.25) is 0 Å². The van der Waals surface area contributed by atoms with Gasteiger partial charge in [-0.2, -0.15) is 0 Å². The standard InChI is InChI=1S/C16H26N4O2/c17-6-5-13-1-3-14(4-2-13)9-19-7-8-20(12-16(18)22)11-15(21)10-19/h1-4,15,21H,5-12,17H2,(H2,18,22). The monoisotopic (exact) mass is 306 g/mol. The van der Waals surface area contributed by atoms with Gasteiger partial charge >= 0.3 is 0 Å². The van der Waals surface area contributed by atoms with Crippen molar-refractivity contribution in [2.45, 2.75) is 19.1 Å². The number of primary amides is 1. The molecule has 1 unspecified atom stereocenters. The number of carbonyl (C=O) groups excluding carboxylic acids is 1. The lowest BCUT2D eigenvalue weighted by atomic mass is 10.1. The molecule has 0 radical (unpaired) electrons. The Bertz CT molecular complexity index is 478. The summed E-state index contributed by atoms with van der Waals surface area (Å²) < 4.78 is 0. The number of nitrogens with two attached hydrogens (primary N) is 2. The van der Waals surface area contributed by atoms with Gasteiger partial charge in [0.05, 0.1) is 12.6 Å². The van der Waals surface area contributed by atoms with Gasteiger partial charge in [-0.15, -0.1) is 0 Å². The van der Waals surface area contributed by atoms with Crippen LogP contribution in [-0.4, -0.2) is 66.2 Å². The Balaban J connectivity index is 1.90. The third-order valence-corrected chi connectivity index (χ3v) is 3.91. The average molecular weight is 306 g/mol. The Kier molecular flexibility index (Phi) is 6.33. The van der Waals surface area contributed by atoms with E-state index in [9.17, 15) is 9.90 Å². The van der Waals surface area contributed by atoms with Crippen LogP contribution in [0.25, 0.3) is 0 Å². The van der Waals surface area contributed by atoms with Crippen molar-refractivity contribution in [1.29, 1.82) is 0 Å². The van der Waals surface area contributed by atoms with E-state index >= 15 is 0 Å². The summed E-state index contributed by atoms with van der Waals surface area (Å²) in [5, 5.41) is 10.1. The molecule has 5 N–H and O–H groups in total. The number of β-amino-alcohol motifs (C(OH)–C–C–N with tert-alkyl or cyclic N) is 1. The molecule has 1 amide bonds. The number of rotatable bonds is 6. The van der Waals surface area contributed by atoms with Gasteiger partial charge in [0.1, 0.15) is 0 Å². The van der Waals surface area contributed by atoms with Crippen molar-refractivity contribution in [3.8, 4) is 0 Å². The van der Waals surface area contributed by atoms with E-state index in [1.54, 1.807) is 0 Å². The Hall–Kier alpha value is -1.47. The van der Waals surface area contributed by atoms with E-state index in [0.29, 0.717) is 19.6 Å². The van der Waals surface area contributed by atoms with E-state index in [-0.39, 0.29) is 12.5 Å². The van der Waals surface area contributed by atoms with Gasteiger partial charge in [-0.1, -0.05) is 24.3 Å². The summed E-state index contributed by atoms with van der Waals surface area (Å²) in [6.07, 6.45) is 0.434. The highest BCUT2D eigenvalue weighted by Crippen LogP contribution is 2.11. The van der Waals surface area contributed by atoms with Crippen molar-refractivity contribution in [2.75, 3.05) is 39.3 Å². The first-order chi connectivity index (χ1) is 10.6. The highest BCUT2D eigenvalue weighted by atomic mass is 16.3. The van der Waals surface area contributed by atoms with E-state index in [0.717, 1.165) is 26.1 Å². The van der Waals surface area contributed by atoms with Gasteiger partial charge in [-0.3, -0.25) is 14.6 Å². The molecule has 1 aromatic rings. The van der Waals surface area contributed by atoms with Crippen molar-refractivity contribution in [2.24, 2.45) is 11.5 Å². The molecule has 122 valence electrons. The normalized spacial score (nSPS) is 20.7. The Labute approximate surface area is 131 Å². The molecule has 0 saturated carbocycles. The molecule has 0 aliphatic carbocycles. The van der Waals surface area contributed by atoms with E-state index in [2.05, 4.69) is 29.2 Å². The first-order valence-corrected chi connectivity index (χ1v) is 7.76. The molecule has 1 atom stereocenters. The minimum Gasteiger partial charge on any atom is -0.390 e. The number of carbonyl (C=O) groups is 1. The Morgan fingerprint density at radius 2 is 1.73 bits per heavy atom. The number of benzene rings is 1. The molecule has 1 aromatic carbocycles. The summed E-state index contributed by atoms with van der Waals surface area (Å²) in [6.45, 7) is 4.32. The molecule has 1 aliphatic rings. The lowest BCUT2D eigenvalue weighted by Gasteiger charge is -2.21. The third kappa shape index (κ3) is 5.38. The lowest BCUT2D eigenvalue weighted by Crippen LogP contribution is -2.38. The van der Waals surface area contributed by atoms with Crippen LogP contribution in [0, 0.1) is 0 Å². The molecule has 0 spiro atoms. The maximum Gasteiger partial charge on any atom is 0.231 e. The summed E-state index contributed by atoms with van der Waals surface area (Å²) in [7, 11) is 0. The first kappa shape index (κ1) is 16.9. The Morgan fingerprint density at radius 3 is 2.36 bits per heavy atom. The van der Waals surface area contributed by atoms with Crippen molar-refractivity contribution in [1.82, 2.24) is 9.80 Å². The molecule has 1 aliphatic heterocycles. The SMILES string of the molecule is NCCc1ccc(CN2CCN(CC(N)=O)CC(O)C2)cc1. The second kappa shape index (κ2) is 8.24. The summed E-state index contributed by atoms with van der Waals surface area (Å²) in [6, 6.07) is 8.44. The van der Waals surface area contributed by atoms with E-state index in [1.165, 1.54) is 11.1 Å². The quantitative estimate of drug-likeness (QED) is 0.636. The molecule has 6 nitrogen and oxygen atoms in total. The number of nitrogens with zero attached hydrogens (tertiary/aromatic N) is 2. The van der Waals surface area contributed by atoms with Crippen LogP contribution in [0.3, 0.4) is 0 Å². The highest BCUT2D eigenvalue weighted by Gasteiger charge is 2.22. The van der Waals surface area contributed by atoms with Crippen molar-refractivity contribution >= 4 is 5.91 Å². The smallest absolute Gasteiger partial charge is 0.231 e. The fourth-order valence-electron chi connectivity index (χ4n) is 2.86. The fourth-order valence-corrected chi connectivity index (χ4v) is 2.86. The zero-order valence-electron chi connectivity index (χ0n) is 12.9. The van der Waals surface area contributed by atoms with Crippen molar-refractivity contribution in [3.63, 3.8) is 0 Å². The zero-order chi connectivity index (χ0) is 15.9. The van der Waals surface area contributed by atoms with E-state index in [1.807, 2.05) is 4.90 Å². The fraction of sp³-hybridized carbons (Fsp3) is 0.562. The van der Waals surface area contributed by atoms with Gasteiger partial charge in [-0.05, 0) is 24.1 Å². The third-order valence-electron chi connectivity index (χ3n) is 3.91. The molecule has 0 bridgehead atoms. The average Bonchev–Trinajstić information content (AvgIpc) is 2.62. The van der Waals surface area contributed by atoms with Crippen molar-refractivity contribution < 1.29 is 9.90 Å². The molecule has 0 aromatic heterocycles. The second-order valence-electron chi connectivity index (χ2n) is 5.95. The van der Waals surface area contributed by atoms with E-state index < -0.39 is 6.10 Å². The molecule has 1 fully saturated rings. The molecule has 1 saturated heterocycles. The largest absolute Gasteiger partial charge is 0.390 e. The summed E-state index contributed by atoms with van der Waals surface area (Å²) in [4.78, 5) is 15.1. The highest BCUT2D eigenvalue weighted by molar-refractivity contribution is 5.75. The minimum absolute atomic E-state index is 0.207. The first-order valence-electron chi connectivity index (χ1n) is 7.76. The van der Waals surface area contributed by atoms with E-state index in [4.69, 9.17) is 11.5 Å². The topological polar surface area (TPSA) is 95.8 Å². The van der Waals surface area contributed by atoms with Crippen LogP contribution in [-0.2, 0) is 17.8 Å². The predicted octanol–water partition coefficient (Wildman–Crippen LogP) is -0.848. The molecular formula is C16H26N4O2. The van der Waals surface area contributed by atoms with Gasteiger partial charge in [0, 0.05) is 32.7 Å². The number of aliphatic hydroxyl groups excluding tert-OH is 1. The van der Waals surface area contributed by atoms with Gasteiger partial charge in [0.15, 0.2) is 0 Å². The van der Waals surface area contributed by atoms with Gasteiger partial charge < -0.3 is 16.6 Å². The molecule has 22 heavy (non-hydrogen) atoms. The van der Waals surface area contributed by atoms with Crippen LogP contribution in [0.4, 0.5) is 0 Å². The number of aliphatic hydroxyl groups is 1. The van der Waals surface area contributed by atoms with Crippen LogP contribution in [0.5, 0.6) is 0 Å².